The minimum Gasteiger partial charge on any atom is -0.480 e. The Morgan fingerprint density at radius 3 is 1.28 bits per heavy atom. The molecule has 0 aliphatic heterocycles. The third-order valence-electron chi connectivity index (χ3n) is 3.47. The van der Waals surface area contributed by atoms with E-state index in [1.165, 1.54) is 7.05 Å². The molecule has 12 heteroatoms. The van der Waals surface area contributed by atoms with Gasteiger partial charge in [-0.1, -0.05) is 0 Å². The molecule has 0 radical (unpaired) electrons. The van der Waals surface area contributed by atoms with Crippen molar-refractivity contribution in [2.45, 2.75) is 12.2 Å². The van der Waals surface area contributed by atoms with Crippen LogP contribution in [0.2, 0.25) is 0 Å². The van der Waals surface area contributed by atoms with Crippen LogP contribution in [0, 0.1) is 0 Å². The topological polar surface area (TPSA) is 180 Å². The molecule has 0 saturated carbocycles. The van der Waals surface area contributed by atoms with Crippen LogP contribution in [0.1, 0.15) is 6.42 Å². The zero-order chi connectivity index (χ0) is 19.6. The molecule has 0 saturated heterocycles. The summed E-state index contributed by atoms with van der Waals surface area (Å²) in [5.74, 6) is -6.96. The SMILES string of the molecule is CNCCC(NC)(N(CC(=O)O)CC(=O)O)N(CC(=O)O)CC(=O)O. The molecule has 0 amide bonds. The Kier molecular flexibility index (Phi) is 9.59. The second kappa shape index (κ2) is 10.6. The van der Waals surface area contributed by atoms with E-state index in [2.05, 4.69) is 10.6 Å². The molecule has 0 aromatic heterocycles. The first kappa shape index (κ1) is 22.7. The minimum atomic E-state index is -1.61. The monoisotopic (exact) mass is 364 g/mol. The number of rotatable bonds is 14. The van der Waals surface area contributed by atoms with Gasteiger partial charge in [0.2, 0.25) is 0 Å². The van der Waals surface area contributed by atoms with Crippen LogP contribution in [-0.2, 0) is 19.2 Å². The molecule has 0 atom stereocenters. The molecular formula is C13H24N4O8. The van der Waals surface area contributed by atoms with Crippen LogP contribution in [0.5, 0.6) is 0 Å². The van der Waals surface area contributed by atoms with E-state index in [9.17, 15) is 19.2 Å². The van der Waals surface area contributed by atoms with Gasteiger partial charge in [0.05, 0.1) is 26.2 Å². The third-order valence-corrected chi connectivity index (χ3v) is 3.47. The third kappa shape index (κ3) is 7.43. The molecule has 25 heavy (non-hydrogen) atoms. The van der Waals surface area contributed by atoms with Crippen LogP contribution in [0.25, 0.3) is 0 Å². The van der Waals surface area contributed by atoms with Gasteiger partial charge in [-0.2, -0.15) is 0 Å². The molecule has 0 bridgehead atoms. The summed E-state index contributed by atoms with van der Waals surface area (Å²) in [6, 6.07) is 0. The van der Waals surface area contributed by atoms with Gasteiger partial charge < -0.3 is 25.7 Å². The summed E-state index contributed by atoms with van der Waals surface area (Å²) in [7, 11) is 2.97. The Balaban J connectivity index is 6.09. The highest BCUT2D eigenvalue weighted by molar-refractivity contribution is 5.74. The van der Waals surface area contributed by atoms with Crippen molar-refractivity contribution >= 4 is 23.9 Å². The van der Waals surface area contributed by atoms with Gasteiger partial charge in [0.1, 0.15) is 5.79 Å². The molecule has 0 fully saturated rings. The standard InChI is InChI=1S/C13H24N4O8/c1-14-4-3-13(15-2,16(5-9(18)19)6-10(20)21)17(7-11(22)23)8-12(24)25/h14-15H,3-8H2,1-2H3,(H,18,19)(H,20,21)(H,22,23)(H,24,25). The van der Waals surface area contributed by atoms with Crippen molar-refractivity contribution in [3.05, 3.63) is 0 Å². The summed E-state index contributed by atoms with van der Waals surface area (Å²) in [6.07, 6.45) is 0.0289. The van der Waals surface area contributed by atoms with Crippen LogP contribution in [0.3, 0.4) is 0 Å². The maximum Gasteiger partial charge on any atom is 0.317 e. The Hall–Kier alpha value is -2.28. The zero-order valence-electron chi connectivity index (χ0n) is 14.1. The van der Waals surface area contributed by atoms with Crippen LogP contribution < -0.4 is 10.6 Å². The van der Waals surface area contributed by atoms with E-state index in [0.29, 0.717) is 0 Å². The van der Waals surface area contributed by atoms with Crippen LogP contribution in [-0.4, -0.2) is 107 Å². The predicted octanol–water partition coefficient (Wildman–Crippen LogP) is -2.59. The van der Waals surface area contributed by atoms with Crippen molar-refractivity contribution in [1.29, 1.82) is 0 Å². The van der Waals surface area contributed by atoms with E-state index >= 15 is 0 Å². The van der Waals surface area contributed by atoms with Crippen LogP contribution in [0.15, 0.2) is 0 Å². The average Bonchev–Trinajstić information content (AvgIpc) is 2.45. The first-order chi connectivity index (χ1) is 11.6. The summed E-state index contributed by atoms with van der Waals surface area (Å²) >= 11 is 0. The van der Waals surface area contributed by atoms with Crippen LogP contribution >= 0.6 is 0 Å². The van der Waals surface area contributed by atoms with E-state index in [4.69, 9.17) is 20.4 Å². The van der Waals surface area contributed by atoms with Gasteiger partial charge in [-0.25, -0.2) is 0 Å². The van der Waals surface area contributed by atoms with Gasteiger partial charge in [-0.05, 0) is 20.6 Å². The smallest absolute Gasteiger partial charge is 0.317 e. The number of nitrogens with one attached hydrogen (secondary N) is 2. The van der Waals surface area contributed by atoms with Gasteiger partial charge in [-0.3, -0.25) is 34.3 Å². The average molecular weight is 364 g/mol. The highest BCUT2D eigenvalue weighted by Gasteiger charge is 2.44. The number of nitrogens with zero attached hydrogens (tertiary/aromatic N) is 2. The predicted molar refractivity (Wildman–Crippen MR) is 84.0 cm³/mol. The molecular weight excluding hydrogens is 340 g/mol. The largest absolute Gasteiger partial charge is 0.480 e. The van der Waals surface area contributed by atoms with E-state index < -0.39 is 55.8 Å². The summed E-state index contributed by atoms with van der Waals surface area (Å²) in [6.45, 7) is -2.68. The Morgan fingerprint density at radius 1 is 0.760 bits per heavy atom. The van der Waals surface area contributed by atoms with Crippen molar-refractivity contribution in [2.24, 2.45) is 0 Å². The number of hydrogen-bond donors (Lipinski definition) is 6. The van der Waals surface area contributed by atoms with E-state index in [-0.39, 0.29) is 13.0 Å². The minimum absolute atomic E-state index is 0.0289. The van der Waals surface area contributed by atoms with Crippen molar-refractivity contribution in [3.8, 4) is 0 Å². The van der Waals surface area contributed by atoms with Crippen molar-refractivity contribution < 1.29 is 39.6 Å². The molecule has 0 aliphatic carbocycles. The van der Waals surface area contributed by atoms with E-state index in [1.54, 1.807) is 7.05 Å². The fourth-order valence-electron chi connectivity index (χ4n) is 2.54. The number of aliphatic carboxylic acids is 4. The molecule has 0 heterocycles. The lowest BCUT2D eigenvalue weighted by Crippen LogP contribution is -2.71. The molecule has 12 nitrogen and oxygen atoms in total. The van der Waals surface area contributed by atoms with Gasteiger partial charge in [0, 0.05) is 6.42 Å². The first-order valence-corrected chi connectivity index (χ1v) is 7.29. The molecule has 6 N–H and O–H groups in total. The normalized spacial score (nSPS) is 11.7. The lowest BCUT2D eigenvalue weighted by molar-refractivity contribution is -0.162. The summed E-state index contributed by atoms with van der Waals surface area (Å²) in [5.41, 5.74) is 0. The Labute approximate surface area is 144 Å². The molecule has 0 aromatic carbocycles. The van der Waals surface area contributed by atoms with Gasteiger partial charge in [0.25, 0.3) is 0 Å². The highest BCUT2D eigenvalue weighted by atomic mass is 16.4. The second-order valence-corrected chi connectivity index (χ2v) is 5.21. The fraction of sp³-hybridized carbons (Fsp3) is 0.692. The maximum atomic E-state index is 11.2. The number of carboxylic acid groups (broad SMARTS) is 4. The first-order valence-electron chi connectivity index (χ1n) is 7.29. The lowest BCUT2D eigenvalue weighted by Gasteiger charge is -2.49. The second-order valence-electron chi connectivity index (χ2n) is 5.21. The summed E-state index contributed by atoms with van der Waals surface area (Å²) < 4.78 is 0. The number of hydrogen-bond acceptors (Lipinski definition) is 8. The maximum absolute atomic E-state index is 11.2. The molecule has 144 valence electrons. The fourth-order valence-corrected chi connectivity index (χ4v) is 2.54. The Bertz CT molecular complexity index is 430. The van der Waals surface area contributed by atoms with E-state index in [0.717, 1.165) is 9.80 Å². The van der Waals surface area contributed by atoms with Crippen molar-refractivity contribution in [3.63, 3.8) is 0 Å². The highest BCUT2D eigenvalue weighted by Crippen LogP contribution is 2.22. The number of carboxylic acids is 4. The molecule has 0 aromatic rings. The summed E-state index contributed by atoms with van der Waals surface area (Å²) in [4.78, 5) is 46.6. The molecule has 0 rings (SSSR count). The lowest BCUT2D eigenvalue weighted by atomic mass is 10.1. The van der Waals surface area contributed by atoms with Gasteiger partial charge in [0.15, 0.2) is 0 Å². The van der Waals surface area contributed by atoms with Crippen molar-refractivity contribution in [2.75, 3.05) is 46.8 Å². The molecule has 0 aliphatic rings. The van der Waals surface area contributed by atoms with E-state index in [1.807, 2.05) is 0 Å². The van der Waals surface area contributed by atoms with Crippen LogP contribution in [0.4, 0.5) is 0 Å². The summed E-state index contributed by atoms with van der Waals surface area (Å²) in [5, 5.41) is 41.9. The molecule has 0 spiro atoms. The zero-order valence-corrected chi connectivity index (χ0v) is 14.1. The van der Waals surface area contributed by atoms with Gasteiger partial charge in [-0.15, -0.1) is 0 Å². The van der Waals surface area contributed by atoms with Crippen molar-refractivity contribution in [1.82, 2.24) is 20.4 Å². The Morgan fingerprint density at radius 2 is 1.08 bits per heavy atom. The van der Waals surface area contributed by atoms with Gasteiger partial charge >= 0.3 is 23.9 Å². The molecule has 0 unspecified atom stereocenters. The number of carbonyl (C=O) groups is 4. The quantitative estimate of drug-likeness (QED) is 0.177.